The molecule has 6 nitrogen and oxygen atoms in total. The van der Waals surface area contributed by atoms with E-state index in [1.54, 1.807) is 79.7 Å². The Bertz CT molecular complexity index is 956. The molecule has 1 amide bonds. The lowest BCUT2D eigenvalue weighted by Crippen LogP contribution is -2.26. The van der Waals surface area contributed by atoms with E-state index < -0.39 is 0 Å². The van der Waals surface area contributed by atoms with Crippen LogP contribution in [0.15, 0.2) is 60.9 Å². The molecule has 0 unspecified atom stereocenters. The Kier molecular flexibility index (Phi) is 4.48. The van der Waals surface area contributed by atoms with Gasteiger partial charge in [0, 0.05) is 20.3 Å². The lowest BCUT2D eigenvalue weighted by atomic mass is 10.1. The zero-order valence-corrected chi connectivity index (χ0v) is 13.9. The second kappa shape index (κ2) is 6.89. The molecule has 0 spiro atoms. The Morgan fingerprint density at radius 1 is 1.16 bits per heavy atom. The SMILES string of the molecule is CN(C(=O)c1ccccc1Oc1ccccc1C#N)c1cnn(C)c1. The number of aryl methyl sites for hydroxylation is 1. The quantitative estimate of drug-likeness (QED) is 0.734. The van der Waals surface area contributed by atoms with E-state index in [0.29, 0.717) is 28.3 Å². The number of benzene rings is 2. The second-order valence-electron chi connectivity index (χ2n) is 5.44. The molecule has 3 aromatic rings. The number of ether oxygens (including phenoxy) is 1. The summed E-state index contributed by atoms with van der Waals surface area (Å²) in [5.74, 6) is 0.582. The number of rotatable bonds is 4. The van der Waals surface area contributed by atoms with Crippen molar-refractivity contribution >= 4 is 11.6 Å². The maximum Gasteiger partial charge on any atom is 0.261 e. The summed E-state index contributed by atoms with van der Waals surface area (Å²) in [7, 11) is 3.47. The van der Waals surface area contributed by atoms with Crippen molar-refractivity contribution in [1.82, 2.24) is 9.78 Å². The molecule has 2 aromatic carbocycles. The van der Waals surface area contributed by atoms with Gasteiger partial charge in [0.15, 0.2) is 0 Å². The normalized spacial score (nSPS) is 10.1. The topological polar surface area (TPSA) is 71.2 Å². The molecule has 1 aromatic heterocycles. The molecule has 0 aliphatic rings. The third-order valence-corrected chi connectivity index (χ3v) is 3.73. The van der Waals surface area contributed by atoms with Crippen molar-refractivity contribution in [1.29, 1.82) is 5.26 Å². The van der Waals surface area contributed by atoms with Crippen LogP contribution in [0.1, 0.15) is 15.9 Å². The molecule has 6 heteroatoms. The highest BCUT2D eigenvalue weighted by Gasteiger charge is 2.19. The Labute approximate surface area is 145 Å². The molecule has 25 heavy (non-hydrogen) atoms. The summed E-state index contributed by atoms with van der Waals surface area (Å²) in [5.41, 5.74) is 1.49. The van der Waals surface area contributed by atoms with E-state index in [1.165, 1.54) is 4.90 Å². The molecule has 3 rings (SSSR count). The van der Waals surface area contributed by atoms with E-state index in [1.807, 2.05) is 0 Å². The first kappa shape index (κ1) is 16.3. The standard InChI is InChI=1S/C19H16N4O2/c1-22-13-15(12-21-22)23(2)19(24)16-8-4-6-10-18(16)25-17-9-5-3-7-14(17)11-20/h3-10,12-13H,1-2H3. The summed E-state index contributed by atoms with van der Waals surface area (Å²) in [6, 6.07) is 15.9. The molecule has 0 aliphatic carbocycles. The molecule has 0 atom stereocenters. The van der Waals surface area contributed by atoms with Gasteiger partial charge in [-0.15, -0.1) is 0 Å². The lowest BCUT2D eigenvalue weighted by molar-refractivity contribution is 0.0991. The Balaban J connectivity index is 1.93. The van der Waals surface area contributed by atoms with Crippen molar-refractivity contribution in [3.63, 3.8) is 0 Å². The zero-order valence-electron chi connectivity index (χ0n) is 13.9. The zero-order chi connectivity index (χ0) is 17.8. The predicted octanol–water partition coefficient (Wildman–Crippen LogP) is 3.36. The van der Waals surface area contributed by atoms with E-state index in [-0.39, 0.29) is 5.91 Å². The Morgan fingerprint density at radius 2 is 1.84 bits per heavy atom. The van der Waals surface area contributed by atoms with Gasteiger partial charge < -0.3 is 9.64 Å². The van der Waals surface area contributed by atoms with Crippen LogP contribution < -0.4 is 9.64 Å². The number of carbonyl (C=O) groups excluding carboxylic acids is 1. The molecule has 0 bridgehead atoms. The fraction of sp³-hybridized carbons (Fsp3) is 0.105. The van der Waals surface area contributed by atoms with E-state index in [9.17, 15) is 10.1 Å². The van der Waals surface area contributed by atoms with Crippen LogP contribution in [-0.4, -0.2) is 22.7 Å². The van der Waals surface area contributed by atoms with Gasteiger partial charge in [-0.25, -0.2) is 0 Å². The summed E-state index contributed by atoms with van der Waals surface area (Å²) < 4.78 is 7.48. The van der Waals surface area contributed by atoms with E-state index in [0.717, 1.165) is 0 Å². The summed E-state index contributed by atoms with van der Waals surface area (Å²) in [6.45, 7) is 0. The summed E-state index contributed by atoms with van der Waals surface area (Å²) in [5, 5.41) is 13.3. The lowest BCUT2D eigenvalue weighted by Gasteiger charge is -2.17. The fourth-order valence-corrected chi connectivity index (χ4v) is 2.38. The molecule has 124 valence electrons. The molecule has 0 saturated heterocycles. The first-order valence-corrected chi connectivity index (χ1v) is 7.63. The van der Waals surface area contributed by atoms with Gasteiger partial charge in [-0.2, -0.15) is 10.4 Å². The number of anilines is 1. The number of hydrogen-bond donors (Lipinski definition) is 0. The highest BCUT2D eigenvalue weighted by molar-refractivity contribution is 6.07. The van der Waals surface area contributed by atoms with Crippen LogP contribution in [0.4, 0.5) is 5.69 Å². The number of aromatic nitrogens is 2. The number of hydrogen-bond acceptors (Lipinski definition) is 4. The van der Waals surface area contributed by atoms with Crippen LogP contribution in [0.25, 0.3) is 0 Å². The molecule has 0 N–H and O–H groups in total. The second-order valence-corrected chi connectivity index (χ2v) is 5.44. The number of nitriles is 1. The fourth-order valence-electron chi connectivity index (χ4n) is 2.38. The first-order valence-electron chi connectivity index (χ1n) is 7.63. The number of carbonyl (C=O) groups is 1. The van der Waals surface area contributed by atoms with E-state index in [2.05, 4.69) is 11.2 Å². The van der Waals surface area contributed by atoms with Gasteiger partial charge >= 0.3 is 0 Å². The maximum absolute atomic E-state index is 12.9. The number of amides is 1. The van der Waals surface area contributed by atoms with Crippen molar-refractivity contribution < 1.29 is 9.53 Å². The minimum atomic E-state index is -0.224. The minimum absolute atomic E-state index is 0.224. The third-order valence-electron chi connectivity index (χ3n) is 3.73. The van der Waals surface area contributed by atoms with Crippen molar-refractivity contribution in [3.8, 4) is 17.6 Å². The molecule has 0 saturated carbocycles. The van der Waals surface area contributed by atoms with Gasteiger partial charge in [0.1, 0.15) is 17.6 Å². The number of para-hydroxylation sites is 2. The average molecular weight is 332 g/mol. The first-order chi connectivity index (χ1) is 12.1. The van der Waals surface area contributed by atoms with Gasteiger partial charge in [0.25, 0.3) is 5.91 Å². The Morgan fingerprint density at radius 3 is 2.52 bits per heavy atom. The van der Waals surface area contributed by atoms with Gasteiger partial charge in [-0.3, -0.25) is 9.48 Å². The summed E-state index contributed by atoms with van der Waals surface area (Å²) >= 11 is 0. The van der Waals surface area contributed by atoms with Crippen molar-refractivity contribution in [3.05, 3.63) is 72.1 Å². The van der Waals surface area contributed by atoms with Crippen LogP contribution in [0.5, 0.6) is 11.5 Å². The van der Waals surface area contributed by atoms with Crippen molar-refractivity contribution in [2.45, 2.75) is 0 Å². The Hall–Kier alpha value is -3.59. The monoisotopic (exact) mass is 332 g/mol. The predicted molar refractivity (Wildman–Crippen MR) is 93.6 cm³/mol. The van der Waals surface area contributed by atoms with Gasteiger partial charge in [-0.1, -0.05) is 24.3 Å². The van der Waals surface area contributed by atoms with E-state index in [4.69, 9.17) is 4.74 Å². The minimum Gasteiger partial charge on any atom is -0.455 e. The van der Waals surface area contributed by atoms with Crippen molar-refractivity contribution in [2.75, 3.05) is 11.9 Å². The van der Waals surface area contributed by atoms with Crippen LogP contribution in [0.3, 0.4) is 0 Å². The maximum atomic E-state index is 12.9. The summed E-state index contributed by atoms with van der Waals surface area (Å²) in [4.78, 5) is 14.4. The van der Waals surface area contributed by atoms with Crippen LogP contribution in [0.2, 0.25) is 0 Å². The van der Waals surface area contributed by atoms with Crippen LogP contribution in [-0.2, 0) is 7.05 Å². The highest BCUT2D eigenvalue weighted by Crippen LogP contribution is 2.29. The molecule has 0 radical (unpaired) electrons. The largest absolute Gasteiger partial charge is 0.455 e. The molecule has 0 aliphatic heterocycles. The third kappa shape index (κ3) is 3.35. The highest BCUT2D eigenvalue weighted by atomic mass is 16.5. The molecular formula is C19H16N4O2. The molecular weight excluding hydrogens is 316 g/mol. The van der Waals surface area contributed by atoms with Crippen molar-refractivity contribution in [2.24, 2.45) is 7.05 Å². The molecule has 1 heterocycles. The van der Waals surface area contributed by atoms with Gasteiger partial charge in [-0.05, 0) is 24.3 Å². The number of nitrogens with zero attached hydrogens (tertiary/aromatic N) is 4. The van der Waals surface area contributed by atoms with Crippen LogP contribution in [0, 0.1) is 11.3 Å². The molecule has 0 fully saturated rings. The van der Waals surface area contributed by atoms with Crippen LogP contribution >= 0.6 is 0 Å². The smallest absolute Gasteiger partial charge is 0.261 e. The van der Waals surface area contributed by atoms with Gasteiger partial charge in [0.05, 0.1) is 23.0 Å². The van der Waals surface area contributed by atoms with E-state index >= 15 is 0 Å². The van der Waals surface area contributed by atoms with Gasteiger partial charge in [0.2, 0.25) is 0 Å². The average Bonchev–Trinajstić information content (AvgIpc) is 3.08. The summed E-state index contributed by atoms with van der Waals surface area (Å²) in [6.07, 6.45) is 3.37.